The fraction of sp³-hybridized carbons (Fsp3) is 0. The molecule has 0 aliphatic carbocycles. The Kier molecular flexibility index (Phi) is 3.03. The van der Waals surface area contributed by atoms with Crippen molar-refractivity contribution in [1.29, 1.82) is 0 Å². The highest BCUT2D eigenvalue weighted by Crippen LogP contribution is 2.41. The van der Waals surface area contributed by atoms with Crippen molar-refractivity contribution in [3.63, 3.8) is 0 Å². The Morgan fingerprint density at radius 2 is 1.25 bits per heavy atom. The number of thiophene rings is 1. The third kappa shape index (κ3) is 2.08. The van der Waals surface area contributed by atoms with Gasteiger partial charge < -0.3 is 5.32 Å². The second-order valence-corrected chi connectivity index (χ2v) is 6.99. The summed E-state index contributed by atoms with van der Waals surface area (Å²) in [5, 5.41) is 8.84. The minimum absolute atomic E-state index is 1.11. The van der Waals surface area contributed by atoms with Gasteiger partial charge in [-0.15, -0.1) is 11.3 Å². The molecule has 0 aliphatic rings. The highest BCUT2D eigenvalue weighted by molar-refractivity contribution is 7.26. The predicted molar refractivity (Wildman–Crippen MR) is 107 cm³/mol. The van der Waals surface area contributed by atoms with E-state index in [4.69, 9.17) is 0 Å². The van der Waals surface area contributed by atoms with E-state index in [1.54, 1.807) is 0 Å². The van der Waals surface area contributed by atoms with Crippen LogP contribution in [0.15, 0.2) is 84.9 Å². The van der Waals surface area contributed by atoms with E-state index >= 15 is 0 Å². The molecule has 1 nitrogen and oxygen atoms in total. The Balaban J connectivity index is 1.86. The van der Waals surface area contributed by atoms with Crippen molar-refractivity contribution in [2.75, 3.05) is 5.32 Å². The van der Waals surface area contributed by atoms with Crippen LogP contribution in [0.3, 0.4) is 0 Å². The quantitative estimate of drug-likeness (QED) is 0.370. The van der Waals surface area contributed by atoms with Crippen LogP contribution in [0.4, 0.5) is 11.4 Å². The zero-order valence-electron chi connectivity index (χ0n) is 13.0. The molecule has 0 radical (unpaired) electrons. The maximum atomic E-state index is 3.60. The Bertz CT molecular complexity index is 1170. The SMILES string of the molecule is c1ccc(Nc2cc3c4ccccc4sc3c3ccccc23)cc1. The second kappa shape index (κ2) is 5.36. The Hall–Kier alpha value is -2.84. The van der Waals surface area contributed by atoms with Crippen LogP contribution in [0.1, 0.15) is 0 Å². The number of hydrogen-bond donors (Lipinski definition) is 1. The second-order valence-electron chi connectivity index (χ2n) is 5.94. The smallest absolute Gasteiger partial charge is 0.0471 e. The molecular formula is C22H15NS. The summed E-state index contributed by atoms with van der Waals surface area (Å²) < 4.78 is 2.71. The molecule has 24 heavy (non-hydrogen) atoms. The maximum absolute atomic E-state index is 3.60. The van der Waals surface area contributed by atoms with Crippen LogP contribution in [0.5, 0.6) is 0 Å². The summed E-state index contributed by atoms with van der Waals surface area (Å²) in [6.45, 7) is 0. The van der Waals surface area contributed by atoms with E-state index in [0.717, 1.165) is 11.4 Å². The lowest BCUT2D eigenvalue weighted by atomic mass is 10.0. The van der Waals surface area contributed by atoms with Crippen LogP contribution in [-0.2, 0) is 0 Å². The molecule has 0 bridgehead atoms. The number of fused-ring (bicyclic) bond motifs is 5. The normalized spacial score (nSPS) is 11.3. The largest absolute Gasteiger partial charge is 0.355 e. The average Bonchev–Trinajstić information content (AvgIpc) is 3.02. The molecule has 2 heteroatoms. The van der Waals surface area contributed by atoms with Gasteiger partial charge in [0, 0.05) is 42.3 Å². The summed E-state index contributed by atoms with van der Waals surface area (Å²) in [7, 11) is 0. The van der Waals surface area contributed by atoms with Crippen molar-refractivity contribution < 1.29 is 0 Å². The van der Waals surface area contributed by atoms with Gasteiger partial charge in [-0.1, -0.05) is 60.7 Å². The Morgan fingerprint density at radius 1 is 0.583 bits per heavy atom. The molecule has 114 valence electrons. The first kappa shape index (κ1) is 13.6. The molecule has 5 aromatic rings. The number of hydrogen-bond acceptors (Lipinski definition) is 2. The van der Waals surface area contributed by atoms with Gasteiger partial charge in [-0.05, 0) is 24.3 Å². The third-order valence-corrected chi connectivity index (χ3v) is 5.66. The predicted octanol–water partition coefficient (Wildman–Crippen LogP) is 6.95. The minimum atomic E-state index is 1.11. The van der Waals surface area contributed by atoms with Crippen LogP contribution in [-0.4, -0.2) is 0 Å². The number of benzene rings is 4. The Morgan fingerprint density at radius 3 is 2.08 bits per heavy atom. The van der Waals surface area contributed by atoms with Gasteiger partial charge in [0.05, 0.1) is 0 Å². The van der Waals surface area contributed by atoms with Crippen LogP contribution in [0.2, 0.25) is 0 Å². The number of anilines is 2. The zero-order valence-corrected chi connectivity index (χ0v) is 13.8. The van der Waals surface area contributed by atoms with Gasteiger partial charge in [0.25, 0.3) is 0 Å². The van der Waals surface area contributed by atoms with E-state index in [-0.39, 0.29) is 0 Å². The summed E-state index contributed by atoms with van der Waals surface area (Å²) >= 11 is 1.88. The van der Waals surface area contributed by atoms with Crippen molar-refractivity contribution in [3.05, 3.63) is 84.9 Å². The molecule has 0 atom stereocenters. The van der Waals surface area contributed by atoms with Gasteiger partial charge in [-0.25, -0.2) is 0 Å². The first-order chi connectivity index (χ1) is 11.9. The highest BCUT2D eigenvalue weighted by Gasteiger charge is 2.11. The molecule has 0 fully saturated rings. The van der Waals surface area contributed by atoms with Crippen molar-refractivity contribution in [1.82, 2.24) is 0 Å². The molecule has 0 spiro atoms. The first-order valence-electron chi connectivity index (χ1n) is 8.05. The standard InChI is InChI=1S/C22H15NS/c1-2-8-15(9-3-1)23-20-14-19-17-11-6-7-13-21(17)24-22(19)18-12-5-4-10-16(18)20/h1-14,23H. The van der Waals surface area contributed by atoms with Gasteiger partial charge in [-0.2, -0.15) is 0 Å². The van der Waals surface area contributed by atoms with Crippen molar-refractivity contribution in [2.45, 2.75) is 0 Å². The summed E-state index contributed by atoms with van der Waals surface area (Å²) in [5.41, 5.74) is 2.27. The molecule has 0 aliphatic heterocycles. The summed E-state index contributed by atoms with van der Waals surface area (Å²) in [6.07, 6.45) is 0. The van der Waals surface area contributed by atoms with E-state index in [1.807, 2.05) is 17.4 Å². The van der Waals surface area contributed by atoms with Gasteiger partial charge in [0.2, 0.25) is 0 Å². The van der Waals surface area contributed by atoms with Gasteiger partial charge in [0.1, 0.15) is 0 Å². The lowest BCUT2D eigenvalue weighted by Gasteiger charge is -2.11. The summed E-state index contributed by atoms with van der Waals surface area (Å²) in [4.78, 5) is 0. The van der Waals surface area contributed by atoms with Gasteiger partial charge in [0.15, 0.2) is 0 Å². The lowest BCUT2D eigenvalue weighted by molar-refractivity contribution is 1.59. The zero-order chi connectivity index (χ0) is 15.9. The topological polar surface area (TPSA) is 12.0 Å². The lowest BCUT2D eigenvalue weighted by Crippen LogP contribution is -1.91. The van der Waals surface area contributed by atoms with E-state index in [0.29, 0.717) is 0 Å². The van der Waals surface area contributed by atoms with E-state index < -0.39 is 0 Å². The number of rotatable bonds is 2. The fourth-order valence-corrected chi connectivity index (χ4v) is 4.55. The highest BCUT2D eigenvalue weighted by atomic mass is 32.1. The number of para-hydroxylation sites is 1. The van der Waals surface area contributed by atoms with Crippen LogP contribution < -0.4 is 5.32 Å². The molecule has 4 aromatic carbocycles. The van der Waals surface area contributed by atoms with Crippen molar-refractivity contribution in [3.8, 4) is 0 Å². The third-order valence-electron chi connectivity index (χ3n) is 4.44. The molecule has 0 saturated heterocycles. The van der Waals surface area contributed by atoms with Crippen LogP contribution in [0, 0.1) is 0 Å². The molecule has 5 rings (SSSR count). The number of nitrogens with one attached hydrogen (secondary N) is 1. The van der Waals surface area contributed by atoms with Crippen LogP contribution in [0.25, 0.3) is 30.9 Å². The fourth-order valence-electron chi connectivity index (χ4n) is 3.33. The summed E-state index contributed by atoms with van der Waals surface area (Å²) in [6, 6.07) is 30.0. The minimum Gasteiger partial charge on any atom is -0.355 e. The molecule has 0 saturated carbocycles. The molecule has 1 aromatic heterocycles. The van der Waals surface area contributed by atoms with Crippen molar-refractivity contribution >= 4 is 53.7 Å². The van der Waals surface area contributed by atoms with E-state index in [2.05, 4.69) is 84.2 Å². The first-order valence-corrected chi connectivity index (χ1v) is 8.87. The maximum Gasteiger partial charge on any atom is 0.0471 e. The van der Waals surface area contributed by atoms with Gasteiger partial charge >= 0.3 is 0 Å². The molecular weight excluding hydrogens is 310 g/mol. The summed E-state index contributed by atoms with van der Waals surface area (Å²) in [5.74, 6) is 0. The van der Waals surface area contributed by atoms with Crippen LogP contribution >= 0.6 is 11.3 Å². The molecule has 0 amide bonds. The van der Waals surface area contributed by atoms with E-state index in [1.165, 1.54) is 30.9 Å². The average molecular weight is 325 g/mol. The van der Waals surface area contributed by atoms with Gasteiger partial charge in [-0.3, -0.25) is 0 Å². The molecule has 1 heterocycles. The van der Waals surface area contributed by atoms with E-state index in [9.17, 15) is 0 Å². The van der Waals surface area contributed by atoms with Crippen molar-refractivity contribution in [2.24, 2.45) is 0 Å². The molecule has 1 N–H and O–H groups in total. The Labute approximate surface area is 144 Å². The molecule has 0 unspecified atom stereocenters. The monoisotopic (exact) mass is 325 g/mol.